The molecule has 170 valence electrons. The third kappa shape index (κ3) is 4.75. The fourth-order valence-corrected chi connectivity index (χ4v) is 4.45. The summed E-state index contributed by atoms with van der Waals surface area (Å²) in [5, 5.41) is 18.3. The second-order valence-electron chi connectivity index (χ2n) is 7.44. The second-order valence-corrected chi connectivity index (χ2v) is 8.38. The largest absolute Gasteiger partial charge is 0.463 e. The molecule has 4 rings (SSSR count). The lowest BCUT2D eigenvalue weighted by Gasteiger charge is -2.29. The van der Waals surface area contributed by atoms with Gasteiger partial charge in [0.1, 0.15) is 0 Å². The van der Waals surface area contributed by atoms with Crippen LogP contribution in [-0.4, -0.2) is 44.6 Å². The molecule has 0 spiro atoms. The van der Waals surface area contributed by atoms with Gasteiger partial charge in [-0.15, -0.1) is 5.10 Å². The first-order valence-electron chi connectivity index (χ1n) is 10.5. The summed E-state index contributed by atoms with van der Waals surface area (Å²) in [4.78, 5) is 25.4. The fraction of sp³-hybridized carbons (Fsp3) is 0.261. The molecule has 0 radical (unpaired) electrons. The van der Waals surface area contributed by atoms with Gasteiger partial charge in [0, 0.05) is 11.4 Å². The van der Waals surface area contributed by atoms with Crippen molar-refractivity contribution in [3.05, 3.63) is 76.5 Å². The first-order chi connectivity index (χ1) is 16.0. The number of amides is 2. The molecule has 1 unspecified atom stereocenters. The van der Waals surface area contributed by atoms with Gasteiger partial charge in [-0.3, -0.25) is 0 Å². The van der Waals surface area contributed by atoms with Crippen LogP contribution in [0.25, 0.3) is 5.69 Å². The summed E-state index contributed by atoms with van der Waals surface area (Å²) >= 11 is 1.33. The van der Waals surface area contributed by atoms with Gasteiger partial charge < -0.3 is 15.4 Å². The van der Waals surface area contributed by atoms with Crippen LogP contribution in [0.2, 0.25) is 0 Å². The quantitative estimate of drug-likeness (QED) is 0.408. The molecule has 2 heterocycles. The van der Waals surface area contributed by atoms with E-state index in [9.17, 15) is 9.59 Å². The minimum Gasteiger partial charge on any atom is -0.463 e. The number of urea groups is 1. The van der Waals surface area contributed by atoms with Gasteiger partial charge in [-0.2, -0.15) is 4.68 Å². The van der Waals surface area contributed by atoms with Crippen LogP contribution >= 0.6 is 11.8 Å². The van der Waals surface area contributed by atoms with E-state index in [1.165, 1.54) is 11.8 Å². The molecule has 0 saturated heterocycles. The van der Waals surface area contributed by atoms with E-state index in [1.807, 2.05) is 62.4 Å². The van der Waals surface area contributed by atoms with Gasteiger partial charge in [0.25, 0.3) is 0 Å². The topological polar surface area (TPSA) is 111 Å². The molecule has 10 heteroatoms. The van der Waals surface area contributed by atoms with Crippen molar-refractivity contribution in [2.75, 3.05) is 12.4 Å². The van der Waals surface area contributed by atoms with Crippen molar-refractivity contribution in [3.63, 3.8) is 0 Å². The van der Waals surface area contributed by atoms with Crippen LogP contribution < -0.4 is 10.6 Å². The molecular weight excluding hydrogens is 440 g/mol. The molecule has 1 atom stereocenters. The Morgan fingerprint density at radius 2 is 1.94 bits per heavy atom. The maximum atomic E-state index is 12.9. The molecule has 2 aromatic carbocycles. The number of carbonyl (C=O) groups excluding carboxylic acids is 2. The number of tetrazole rings is 1. The van der Waals surface area contributed by atoms with Crippen LogP contribution in [0.3, 0.4) is 0 Å². The Morgan fingerprint density at radius 1 is 1.15 bits per heavy atom. The zero-order valence-electron chi connectivity index (χ0n) is 18.5. The zero-order valence-corrected chi connectivity index (χ0v) is 19.3. The Kier molecular flexibility index (Phi) is 6.74. The van der Waals surface area contributed by atoms with Gasteiger partial charge in [-0.05, 0) is 54.0 Å². The first-order valence-corrected chi connectivity index (χ1v) is 11.5. The Hall–Kier alpha value is -3.66. The third-order valence-corrected chi connectivity index (χ3v) is 6.32. The van der Waals surface area contributed by atoms with E-state index in [-0.39, 0.29) is 18.4 Å². The summed E-state index contributed by atoms with van der Waals surface area (Å²) in [5.41, 5.74) is 4.68. The van der Waals surface area contributed by atoms with Crippen LogP contribution in [0, 0.1) is 13.8 Å². The van der Waals surface area contributed by atoms with Crippen LogP contribution in [0.1, 0.15) is 29.7 Å². The van der Waals surface area contributed by atoms with Gasteiger partial charge in [0.05, 0.1) is 23.9 Å². The van der Waals surface area contributed by atoms with Crippen molar-refractivity contribution < 1.29 is 14.3 Å². The number of benzene rings is 2. The molecule has 33 heavy (non-hydrogen) atoms. The van der Waals surface area contributed by atoms with Gasteiger partial charge >= 0.3 is 12.0 Å². The van der Waals surface area contributed by atoms with Crippen LogP contribution in [-0.2, 0) is 9.53 Å². The Morgan fingerprint density at radius 3 is 2.70 bits per heavy atom. The summed E-state index contributed by atoms with van der Waals surface area (Å²) in [6.45, 7) is 6.01. The fourth-order valence-electron chi connectivity index (χ4n) is 3.60. The van der Waals surface area contributed by atoms with E-state index in [1.54, 1.807) is 11.6 Å². The summed E-state index contributed by atoms with van der Waals surface area (Å²) in [5.74, 6) is -0.209. The Balaban J connectivity index is 1.68. The van der Waals surface area contributed by atoms with Crippen molar-refractivity contribution in [2.24, 2.45) is 0 Å². The SMILES string of the molecule is CCOC(=O)C1=C(CSc2nnnn2-c2cccc(C)c2C)NC(=O)NC1c1ccccc1. The molecule has 0 fully saturated rings. The molecule has 0 aliphatic carbocycles. The van der Waals surface area contributed by atoms with E-state index in [2.05, 4.69) is 26.2 Å². The summed E-state index contributed by atoms with van der Waals surface area (Å²) < 4.78 is 6.98. The molecule has 2 amide bonds. The molecule has 3 aromatic rings. The van der Waals surface area contributed by atoms with Crippen molar-refractivity contribution in [3.8, 4) is 5.69 Å². The van der Waals surface area contributed by atoms with Crippen LogP contribution in [0.4, 0.5) is 4.79 Å². The molecule has 2 N–H and O–H groups in total. The third-order valence-electron chi connectivity index (χ3n) is 5.37. The van der Waals surface area contributed by atoms with Crippen molar-refractivity contribution in [2.45, 2.75) is 32.0 Å². The lowest BCUT2D eigenvalue weighted by atomic mass is 9.95. The van der Waals surface area contributed by atoms with E-state index in [4.69, 9.17) is 4.74 Å². The molecule has 0 bridgehead atoms. The van der Waals surface area contributed by atoms with E-state index in [0.717, 1.165) is 22.4 Å². The van der Waals surface area contributed by atoms with E-state index >= 15 is 0 Å². The highest BCUT2D eigenvalue weighted by Gasteiger charge is 2.33. The number of esters is 1. The van der Waals surface area contributed by atoms with Crippen molar-refractivity contribution >= 4 is 23.8 Å². The lowest BCUT2D eigenvalue weighted by Crippen LogP contribution is -2.46. The number of thioether (sulfide) groups is 1. The van der Waals surface area contributed by atoms with Crippen LogP contribution in [0.15, 0.2) is 65.0 Å². The Bertz CT molecular complexity index is 1210. The maximum Gasteiger partial charge on any atom is 0.338 e. The highest BCUT2D eigenvalue weighted by atomic mass is 32.2. The molecular formula is C23H24N6O3S. The number of aromatic nitrogens is 4. The van der Waals surface area contributed by atoms with Gasteiger partial charge in [-0.1, -0.05) is 54.2 Å². The molecule has 9 nitrogen and oxygen atoms in total. The highest BCUT2D eigenvalue weighted by molar-refractivity contribution is 7.99. The van der Waals surface area contributed by atoms with E-state index < -0.39 is 12.0 Å². The standard InChI is InChI=1S/C23H24N6O3S/c1-4-32-21(30)19-17(24-22(31)25-20(19)16-10-6-5-7-11-16)13-33-23-26-27-28-29(23)18-12-8-9-14(2)15(18)3/h5-12,20H,4,13H2,1-3H3,(H2,24,25,31). The molecule has 1 aliphatic heterocycles. The molecule has 1 aliphatic rings. The highest BCUT2D eigenvalue weighted by Crippen LogP contribution is 2.31. The average Bonchev–Trinajstić information content (AvgIpc) is 3.28. The van der Waals surface area contributed by atoms with Crippen molar-refractivity contribution in [1.82, 2.24) is 30.8 Å². The number of nitrogens with one attached hydrogen (secondary N) is 2. The smallest absolute Gasteiger partial charge is 0.338 e. The number of hydrogen-bond acceptors (Lipinski definition) is 7. The normalized spacial score (nSPS) is 15.7. The van der Waals surface area contributed by atoms with Crippen molar-refractivity contribution in [1.29, 1.82) is 0 Å². The minimum absolute atomic E-state index is 0.225. The summed E-state index contributed by atoms with van der Waals surface area (Å²) in [6, 6.07) is 14.2. The van der Waals surface area contributed by atoms with Gasteiger partial charge in [-0.25, -0.2) is 9.59 Å². The number of hydrogen-bond donors (Lipinski definition) is 2. The average molecular weight is 465 g/mol. The number of rotatable bonds is 7. The molecule has 1 aromatic heterocycles. The first kappa shape index (κ1) is 22.5. The van der Waals surface area contributed by atoms with Crippen LogP contribution in [0.5, 0.6) is 0 Å². The number of aryl methyl sites for hydroxylation is 1. The van der Waals surface area contributed by atoms with E-state index in [0.29, 0.717) is 16.4 Å². The zero-order chi connectivity index (χ0) is 23.4. The summed E-state index contributed by atoms with van der Waals surface area (Å²) in [6.07, 6.45) is 0. The lowest BCUT2D eigenvalue weighted by molar-refractivity contribution is -0.139. The molecule has 0 saturated carbocycles. The predicted octanol–water partition coefficient (Wildman–Crippen LogP) is 3.24. The maximum absolute atomic E-state index is 12.9. The van der Waals surface area contributed by atoms with Gasteiger partial charge in [0.2, 0.25) is 5.16 Å². The van der Waals surface area contributed by atoms with Gasteiger partial charge in [0.15, 0.2) is 0 Å². The predicted molar refractivity (Wildman–Crippen MR) is 124 cm³/mol. The number of carbonyl (C=O) groups is 2. The summed E-state index contributed by atoms with van der Waals surface area (Å²) in [7, 11) is 0. The number of nitrogens with zero attached hydrogens (tertiary/aromatic N) is 4. The number of ether oxygens (including phenoxy) is 1. The second kappa shape index (κ2) is 9.86. The Labute approximate surface area is 195 Å². The minimum atomic E-state index is -0.621. The monoisotopic (exact) mass is 464 g/mol.